The van der Waals surface area contributed by atoms with Crippen LogP contribution in [-0.2, 0) is 13.1 Å². The van der Waals surface area contributed by atoms with Crippen molar-refractivity contribution < 1.29 is 0 Å². The second kappa shape index (κ2) is 8.25. The minimum absolute atomic E-state index is 0.489. The molecule has 0 bridgehead atoms. The Hall–Kier alpha value is -1.21. The second-order valence-corrected chi connectivity index (χ2v) is 7.80. The lowest BCUT2D eigenvalue weighted by molar-refractivity contribution is 0.181. The van der Waals surface area contributed by atoms with Gasteiger partial charge in [0.15, 0.2) is 5.13 Å². The fraction of sp³-hybridized carbons (Fsp3) is 0.529. The standard InChI is InChI=1S/C17H24ClN5S/c1-22(2)17-21-16(18)15(24-17)10-20-14-7-5-9-23(12-14)11-13-6-3-4-8-19-13/h3-4,6,8,14,20H,5,7,9-12H2,1-2H3. The zero-order valence-electron chi connectivity index (χ0n) is 14.2. The number of nitrogens with zero attached hydrogens (tertiary/aromatic N) is 4. The van der Waals surface area contributed by atoms with Gasteiger partial charge in [0.2, 0.25) is 0 Å². The maximum Gasteiger partial charge on any atom is 0.186 e. The summed E-state index contributed by atoms with van der Waals surface area (Å²) >= 11 is 7.91. The van der Waals surface area contributed by atoms with Crippen molar-refractivity contribution in [1.82, 2.24) is 20.2 Å². The number of aromatic nitrogens is 2. The minimum atomic E-state index is 0.489. The Morgan fingerprint density at radius 3 is 3.00 bits per heavy atom. The molecule has 0 radical (unpaired) electrons. The zero-order valence-corrected chi connectivity index (χ0v) is 15.8. The molecule has 1 aliphatic rings. The van der Waals surface area contributed by atoms with Crippen molar-refractivity contribution in [2.45, 2.75) is 32.0 Å². The summed E-state index contributed by atoms with van der Waals surface area (Å²) < 4.78 is 0. The van der Waals surface area contributed by atoms with E-state index in [4.69, 9.17) is 11.6 Å². The molecule has 1 unspecified atom stereocenters. The van der Waals surface area contributed by atoms with Crippen molar-refractivity contribution in [3.05, 3.63) is 40.1 Å². The molecule has 2 aromatic rings. The van der Waals surface area contributed by atoms with Gasteiger partial charge in [0.1, 0.15) is 5.15 Å². The summed E-state index contributed by atoms with van der Waals surface area (Å²) in [6, 6.07) is 6.60. The summed E-state index contributed by atoms with van der Waals surface area (Å²) in [5.74, 6) is 0. The number of halogens is 1. The number of thiazole rings is 1. The van der Waals surface area contributed by atoms with E-state index in [1.165, 1.54) is 12.8 Å². The quantitative estimate of drug-likeness (QED) is 0.852. The maximum atomic E-state index is 6.26. The molecular weight excluding hydrogens is 342 g/mol. The van der Waals surface area contributed by atoms with E-state index in [0.717, 1.165) is 41.9 Å². The predicted octanol–water partition coefficient (Wildman–Crippen LogP) is 3.01. The van der Waals surface area contributed by atoms with Gasteiger partial charge in [-0.1, -0.05) is 29.0 Å². The zero-order chi connectivity index (χ0) is 16.9. The summed E-state index contributed by atoms with van der Waals surface area (Å²) in [6.07, 6.45) is 4.28. The van der Waals surface area contributed by atoms with Gasteiger partial charge < -0.3 is 10.2 Å². The summed E-state index contributed by atoms with van der Waals surface area (Å²) in [5.41, 5.74) is 1.14. The summed E-state index contributed by atoms with van der Waals surface area (Å²) in [6.45, 7) is 3.89. The van der Waals surface area contributed by atoms with Crippen LogP contribution < -0.4 is 10.2 Å². The lowest BCUT2D eigenvalue weighted by Crippen LogP contribution is -2.45. The average Bonchev–Trinajstić information content (AvgIpc) is 2.96. The highest BCUT2D eigenvalue weighted by atomic mass is 35.5. The molecule has 0 aliphatic carbocycles. The van der Waals surface area contributed by atoms with Crippen molar-refractivity contribution in [3.63, 3.8) is 0 Å². The molecule has 5 nitrogen and oxygen atoms in total. The number of rotatable bonds is 6. The fourth-order valence-corrected chi connectivity index (χ4v) is 4.08. The second-order valence-electron chi connectivity index (χ2n) is 6.38. The molecule has 0 spiro atoms. The van der Waals surface area contributed by atoms with E-state index in [-0.39, 0.29) is 0 Å². The van der Waals surface area contributed by atoms with Crippen LogP contribution in [0, 0.1) is 0 Å². The fourth-order valence-electron chi connectivity index (χ4n) is 2.95. The number of anilines is 1. The molecule has 130 valence electrons. The van der Waals surface area contributed by atoms with Gasteiger partial charge >= 0.3 is 0 Å². The Labute approximate surface area is 152 Å². The maximum absolute atomic E-state index is 6.26. The molecule has 1 atom stereocenters. The molecule has 3 heterocycles. The largest absolute Gasteiger partial charge is 0.354 e. The lowest BCUT2D eigenvalue weighted by Gasteiger charge is -2.33. The SMILES string of the molecule is CN(C)c1nc(Cl)c(CNC2CCCN(Cc3ccccn3)C2)s1. The molecule has 24 heavy (non-hydrogen) atoms. The van der Waals surface area contributed by atoms with E-state index in [1.807, 2.05) is 31.3 Å². The van der Waals surface area contributed by atoms with Crippen LogP contribution in [0.2, 0.25) is 5.15 Å². The van der Waals surface area contributed by atoms with Crippen LogP contribution in [-0.4, -0.2) is 48.1 Å². The first kappa shape index (κ1) is 17.6. The third kappa shape index (κ3) is 4.66. The monoisotopic (exact) mass is 365 g/mol. The molecule has 0 saturated carbocycles. The first-order chi connectivity index (χ1) is 11.6. The number of piperidine rings is 1. The minimum Gasteiger partial charge on any atom is -0.354 e. The number of pyridine rings is 1. The lowest BCUT2D eigenvalue weighted by atomic mass is 10.1. The van der Waals surface area contributed by atoms with Crippen molar-refractivity contribution >= 4 is 28.1 Å². The smallest absolute Gasteiger partial charge is 0.186 e. The molecule has 1 aliphatic heterocycles. The van der Waals surface area contributed by atoms with Gasteiger partial charge in [0.25, 0.3) is 0 Å². The number of nitrogens with one attached hydrogen (secondary N) is 1. The highest BCUT2D eigenvalue weighted by molar-refractivity contribution is 7.16. The molecule has 0 amide bonds. The van der Waals surface area contributed by atoms with E-state index in [1.54, 1.807) is 11.3 Å². The molecule has 2 aromatic heterocycles. The molecule has 1 fully saturated rings. The topological polar surface area (TPSA) is 44.3 Å². The Morgan fingerprint density at radius 2 is 2.29 bits per heavy atom. The predicted molar refractivity (Wildman–Crippen MR) is 101 cm³/mol. The van der Waals surface area contributed by atoms with Gasteiger partial charge in [0, 0.05) is 46.0 Å². The van der Waals surface area contributed by atoms with E-state index < -0.39 is 0 Å². The summed E-state index contributed by atoms with van der Waals surface area (Å²) in [5, 5.41) is 5.23. The van der Waals surface area contributed by atoms with Gasteiger partial charge in [-0.2, -0.15) is 0 Å². The molecule has 1 N–H and O–H groups in total. The molecule has 7 heteroatoms. The van der Waals surface area contributed by atoms with Crippen molar-refractivity contribution in [1.29, 1.82) is 0 Å². The summed E-state index contributed by atoms with van der Waals surface area (Å²) in [4.78, 5) is 14.4. The number of hydrogen-bond acceptors (Lipinski definition) is 6. The Bertz CT molecular complexity index is 646. The number of likely N-dealkylation sites (tertiary alicyclic amines) is 1. The highest BCUT2D eigenvalue weighted by Crippen LogP contribution is 2.28. The third-order valence-corrected chi connectivity index (χ3v) is 5.84. The van der Waals surface area contributed by atoms with Crippen molar-refractivity contribution in [2.24, 2.45) is 0 Å². The molecule has 0 aromatic carbocycles. The van der Waals surface area contributed by atoms with Crippen LogP contribution in [0.5, 0.6) is 0 Å². The highest BCUT2D eigenvalue weighted by Gasteiger charge is 2.20. The van der Waals surface area contributed by atoms with Crippen molar-refractivity contribution in [3.8, 4) is 0 Å². The van der Waals surface area contributed by atoms with Crippen molar-refractivity contribution in [2.75, 3.05) is 32.1 Å². The average molecular weight is 366 g/mol. The molecule has 1 saturated heterocycles. The Morgan fingerprint density at radius 1 is 1.42 bits per heavy atom. The van der Waals surface area contributed by atoms with Crippen LogP contribution in [0.4, 0.5) is 5.13 Å². The first-order valence-corrected chi connectivity index (χ1v) is 9.49. The molecular formula is C17H24ClN5S. The normalized spacial score (nSPS) is 18.7. The first-order valence-electron chi connectivity index (χ1n) is 8.30. The van der Waals surface area contributed by atoms with E-state index in [0.29, 0.717) is 11.2 Å². The van der Waals surface area contributed by atoms with Crippen LogP contribution in [0.25, 0.3) is 0 Å². The van der Waals surface area contributed by atoms with Gasteiger partial charge in [0.05, 0.1) is 10.6 Å². The number of hydrogen-bond donors (Lipinski definition) is 1. The van der Waals surface area contributed by atoms with E-state index in [2.05, 4.69) is 32.3 Å². The molecule has 3 rings (SSSR count). The van der Waals surface area contributed by atoms with E-state index >= 15 is 0 Å². The van der Waals surface area contributed by atoms with Crippen LogP contribution in [0.3, 0.4) is 0 Å². The van der Waals surface area contributed by atoms with E-state index in [9.17, 15) is 0 Å². The van der Waals surface area contributed by atoms with Gasteiger partial charge in [-0.3, -0.25) is 9.88 Å². The van der Waals surface area contributed by atoms with Gasteiger partial charge in [-0.05, 0) is 31.5 Å². The van der Waals surface area contributed by atoms with Crippen LogP contribution in [0.1, 0.15) is 23.4 Å². The third-order valence-electron chi connectivity index (χ3n) is 4.19. The summed E-state index contributed by atoms with van der Waals surface area (Å²) in [7, 11) is 3.98. The van der Waals surface area contributed by atoms with Crippen LogP contribution in [0.15, 0.2) is 24.4 Å². The van der Waals surface area contributed by atoms with Gasteiger partial charge in [-0.15, -0.1) is 0 Å². The van der Waals surface area contributed by atoms with Gasteiger partial charge in [-0.25, -0.2) is 4.98 Å². The Balaban J connectivity index is 1.52. The van der Waals surface area contributed by atoms with Crippen LogP contribution >= 0.6 is 22.9 Å². The Kier molecular flexibility index (Phi) is 6.05.